The second-order valence-electron chi connectivity index (χ2n) is 4.45. The van der Waals surface area contributed by atoms with Crippen LogP contribution in [0.1, 0.15) is 5.56 Å². The Morgan fingerprint density at radius 3 is 2.75 bits per heavy atom. The summed E-state index contributed by atoms with van der Waals surface area (Å²) in [5.41, 5.74) is 3.60. The molecule has 0 radical (unpaired) electrons. The summed E-state index contributed by atoms with van der Waals surface area (Å²) in [5.74, 6) is 0.223. The van der Waals surface area contributed by atoms with Crippen LogP contribution < -0.4 is 10.2 Å². The van der Waals surface area contributed by atoms with Crippen molar-refractivity contribution >= 4 is 29.1 Å². The molecule has 0 aliphatic carbocycles. The normalized spacial score (nSPS) is 15.9. The van der Waals surface area contributed by atoms with Gasteiger partial charge < -0.3 is 9.47 Å². The van der Waals surface area contributed by atoms with E-state index in [1.807, 2.05) is 11.9 Å². The number of nitrogens with zero attached hydrogens (tertiary/aromatic N) is 1. The Hall–Kier alpha value is -1.01. The zero-order valence-electron chi connectivity index (χ0n) is 11.1. The zero-order valence-corrected chi connectivity index (χ0v) is 12.6. The number of halogens is 2. The van der Waals surface area contributed by atoms with Gasteiger partial charge in [0.25, 0.3) is 5.91 Å². The fourth-order valence-corrected chi connectivity index (χ4v) is 2.21. The Labute approximate surface area is 127 Å². The SMILES string of the molecule is Cc1cc(OCC(=O)NN2CCOCC2)c(Cl)cc1Cl. The van der Waals surface area contributed by atoms with Gasteiger partial charge in [-0.2, -0.15) is 0 Å². The molecule has 2 rings (SSSR count). The molecule has 5 nitrogen and oxygen atoms in total. The number of aryl methyl sites for hydroxylation is 1. The smallest absolute Gasteiger partial charge is 0.272 e. The van der Waals surface area contributed by atoms with E-state index in [2.05, 4.69) is 5.43 Å². The molecule has 20 heavy (non-hydrogen) atoms. The van der Waals surface area contributed by atoms with Crippen LogP contribution in [-0.4, -0.2) is 43.8 Å². The number of morpholine rings is 1. The quantitative estimate of drug-likeness (QED) is 0.923. The molecule has 1 amide bonds. The minimum absolute atomic E-state index is 0.0991. The first kappa shape index (κ1) is 15.4. The van der Waals surface area contributed by atoms with Crippen molar-refractivity contribution in [3.8, 4) is 5.75 Å². The molecule has 0 saturated carbocycles. The van der Waals surface area contributed by atoms with Crippen molar-refractivity contribution in [2.75, 3.05) is 32.9 Å². The molecule has 0 bridgehead atoms. The third-order valence-corrected chi connectivity index (χ3v) is 3.57. The first-order valence-corrected chi connectivity index (χ1v) is 7.02. The lowest BCUT2D eigenvalue weighted by atomic mass is 10.2. The van der Waals surface area contributed by atoms with E-state index in [0.29, 0.717) is 42.1 Å². The summed E-state index contributed by atoms with van der Waals surface area (Å²) >= 11 is 11.9. The Balaban J connectivity index is 1.85. The van der Waals surface area contributed by atoms with Gasteiger partial charge in [-0.3, -0.25) is 10.2 Å². The van der Waals surface area contributed by atoms with Crippen LogP contribution in [-0.2, 0) is 9.53 Å². The van der Waals surface area contributed by atoms with Crippen LogP contribution in [0.2, 0.25) is 10.0 Å². The molecule has 7 heteroatoms. The number of ether oxygens (including phenoxy) is 2. The lowest BCUT2D eigenvalue weighted by Crippen LogP contribution is -2.49. The molecular formula is C13H16Cl2N2O3. The Morgan fingerprint density at radius 2 is 2.05 bits per heavy atom. The summed E-state index contributed by atoms with van der Waals surface area (Å²) in [7, 11) is 0. The molecular weight excluding hydrogens is 303 g/mol. The third kappa shape index (κ3) is 4.24. The van der Waals surface area contributed by atoms with Gasteiger partial charge in [0.1, 0.15) is 5.75 Å². The van der Waals surface area contributed by atoms with E-state index >= 15 is 0 Å². The van der Waals surface area contributed by atoms with Crippen molar-refractivity contribution in [2.45, 2.75) is 6.92 Å². The average Bonchev–Trinajstić information content (AvgIpc) is 2.42. The summed E-state index contributed by atoms with van der Waals surface area (Å²) in [6.07, 6.45) is 0. The van der Waals surface area contributed by atoms with Gasteiger partial charge in [-0.15, -0.1) is 0 Å². The molecule has 0 atom stereocenters. The van der Waals surface area contributed by atoms with Crippen molar-refractivity contribution in [3.63, 3.8) is 0 Å². The minimum Gasteiger partial charge on any atom is -0.482 e. The van der Waals surface area contributed by atoms with Gasteiger partial charge >= 0.3 is 0 Å². The van der Waals surface area contributed by atoms with Crippen molar-refractivity contribution in [1.82, 2.24) is 10.4 Å². The molecule has 1 aromatic rings. The van der Waals surface area contributed by atoms with E-state index in [1.54, 1.807) is 12.1 Å². The van der Waals surface area contributed by atoms with Crippen molar-refractivity contribution in [1.29, 1.82) is 0 Å². The molecule has 1 aromatic carbocycles. The van der Waals surface area contributed by atoms with Gasteiger partial charge in [0.15, 0.2) is 6.61 Å². The first-order valence-electron chi connectivity index (χ1n) is 6.27. The number of amides is 1. The van der Waals surface area contributed by atoms with E-state index < -0.39 is 0 Å². The van der Waals surface area contributed by atoms with E-state index in [4.69, 9.17) is 32.7 Å². The highest BCUT2D eigenvalue weighted by atomic mass is 35.5. The number of hydrogen-bond acceptors (Lipinski definition) is 4. The summed E-state index contributed by atoms with van der Waals surface area (Å²) in [6, 6.07) is 3.32. The lowest BCUT2D eigenvalue weighted by Gasteiger charge is -2.26. The van der Waals surface area contributed by atoms with Crippen LogP contribution >= 0.6 is 23.2 Å². The molecule has 1 aliphatic rings. The minimum atomic E-state index is -0.226. The Morgan fingerprint density at radius 1 is 1.35 bits per heavy atom. The molecule has 1 aliphatic heterocycles. The molecule has 1 heterocycles. The molecule has 0 aromatic heterocycles. The van der Waals surface area contributed by atoms with E-state index in [-0.39, 0.29) is 12.5 Å². The van der Waals surface area contributed by atoms with Crippen molar-refractivity contribution in [3.05, 3.63) is 27.7 Å². The molecule has 1 fully saturated rings. The molecule has 1 N–H and O–H groups in total. The van der Waals surface area contributed by atoms with Crippen LogP contribution in [0.25, 0.3) is 0 Å². The monoisotopic (exact) mass is 318 g/mol. The first-order chi connectivity index (χ1) is 9.56. The highest BCUT2D eigenvalue weighted by Crippen LogP contribution is 2.30. The van der Waals surface area contributed by atoms with Crippen LogP contribution in [0, 0.1) is 6.92 Å². The van der Waals surface area contributed by atoms with Gasteiger partial charge in [0.05, 0.1) is 18.2 Å². The maximum absolute atomic E-state index is 11.8. The van der Waals surface area contributed by atoms with Gasteiger partial charge in [0.2, 0.25) is 0 Å². The van der Waals surface area contributed by atoms with Gasteiger partial charge in [0, 0.05) is 18.1 Å². The largest absolute Gasteiger partial charge is 0.482 e. The third-order valence-electron chi connectivity index (χ3n) is 2.87. The number of rotatable bonds is 4. The maximum Gasteiger partial charge on any atom is 0.272 e. The lowest BCUT2D eigenvalue weighted by molar-refractivity contribution is -0.130. The second-order valence-corrected chi connectivity index (χ2v) is 5.27. The van der Waals surface area contributed by atoms with Crippen LogP contribution in [0.5, 0.6) is 5.75 Å². The summed E-state index contributed by atoms with van der Waals surface area (Å²) in [5, 5.41) is 2.77. The molecule has 0 spiro atoms. The summed E-state index contributed by atoms with van der Waals surface area (Å²) in [4.78, 5) is 11.8. The van der Waals surface area contributed by atoms with E-state index in [9.17, 15) is 4.79 Å². The standard InChI is InChI=1S/C13H16Cl2N2O3/c1-9-6-12(11(15)7-10(9)14)20-8-13(18)16-17-2-4-19-5-3-17/h6-7H,2-5,8H2,1H3,(H,16,18). The highest BCUT2D eigenvalue weighted by molar-refractivity contribution is 6.36. The van der Waals surface area contributed by atoms with Crippen LogP contribution in [0.3, 0.4) is 0 Å². The van der Waals surface area contributed by atoms with E-state index in [0.717, 1.165) is 5.56 Å². The predicted molar refractivity (Wildman–Crippen MR) is 77.2 cm³/mol. The highest BCUT2D eigenvalue weighted by Gasteiger charge is 2.14. The maximum atomic E-state index is 11.8. The summed E-state index contributed by atoms with van der Waals surface area (Å²) < 4.78 is 10.6. The fraction of sp³-hybridized carbons (Fsp3) is 0.462. The molecule has 1 saturated heterocycles. The van der Waals surface area contributed by atoms with Gasteiger partial charge in [-0.05, 0) is 24.6 Å². The van der Waals surface area contributed by atoms with Crippen molar-refractivity contribution in [2.24, 2.45) is 0 Å². The fourth-order valence-electron chi connectivity index (χ4n) is 1.77. The van der Waals surface area contributed by atoms with E-state index in [1.165, 1.54) is 0 Å². The topological polar surface area (TPSA) is 50.8 Å². The Kier molecular flexibility index (Phi) is 5.48. The van der Waals surface area contributed by atoms with Crippen LogP contribution in [0.15, 0.2) is 12.1 Å². The van der Waals surface area contributed by atoms with Gasteiger partial charge in [-0.25, -0.2) is 5.01 Å². The number of benzene rings is 1. The second kappa shape index (κ2) is 7.13. The summed E-state index contributed by atoms with van der Waals surface area (Å²) in [6.45, 7) is 4.32. The number of carbonyl (C=O) groups excluding carboxylic acids is 1. The predicted octanol–water partition coefficient (Wildman–Crippen LogP) is 2.04. The molecule has 110 valence electrons. The number of nitrogens with one attached hydrogen (secondary N) is 1. The van der Waals surface area contributed by atoms with Gasteiger partial charge in [-0.1, -0.05) is 23.2 Å². The average molecular weight is 319 g/mol. The van der Waals surface area contributed by atoms with Crippen LogP contribution in [0.4, 0.5) is 0 Å². The number of hydrazine groups is 1. The van der Waals surface area contributed by atoms with Crippen molar-refractivity contribution < 1.29 is 14.3 Å². The number of hydrogen-bond donors (Lipinski definition) is 1. The zero-order chi connectivity index (χ0) is 14.5. The Bertz CT molecular complexity index is 491. The molecule has 0 unspecified atom stereocenters. The number of carbonyl (C=O) groups is 1.